The number of nitrogens with one attached hydrogen (secondary N) is 1. The number of carbonyl (C=O) groups is 1. The van der Waals surface area contributed by atoms with E-state index >= 15 is 0 Å². The SMILES string of the molecule is CCCCOCCOCc1ccc(C(=O)NN)s1. The van der Waals surface area contributed by atoms with E-state index in [1.165, 1.54) is 11.3 Å². The molecule has 0 bridgehead atoms. The molecule has 0 aliphatic heterocycles. The molecule has 0 radical (unpaired) electrons. The molecule has 1 heterocycles. The van der Waals surface area contributed by atoms with Gasteiger partial charge in [0.05, 0.1) is 24.7 Å². The highest BCUT2D eigenvalue weighted by Gasteiger charge is 2.07. The number of hydrazine groups is 1. The number of nitrogen functional groups attached to an aromatic ring is 1. The van der Waals surface area contributed by atoms with Gasteiger partial charge in [-0.05, 0) is 18.6 Å². The minimum absolute atomic E-state index is 0.269. The lowest BCUT2D eigenvalue weighted by Gasteiger charge is -2.04. The zero-order chi connectivity index (χ0) is 13.2. The van der Waals surface area contributed by atoms with Crippen molar-refractivity contribution < 1.29 is 14.3 Å². The van der Waals surface area contributed by atoms with Crippen LogP contribution < -0.4 is 11.3 Å². The number of carbonyl (C=O) groups excluding carboxylic acids is 1. The van der Waals surface area contributed by atoms with E-state index in [-0.39, 0.29) is 5.91 Å². The van der Waals surface area contributed by atoms with Gasteiger partial charge in [0.1, 0.15) is 0 Å². The van der Waals surface area contributed by atoms with Crippen LogP contribution in [0.1, 0.15) is 34.3 Å². The van der Waals surface area contributed by atoms with Crippen molar-refractivity contribution in [2.75, 3.05) is 19.8 Å². The molecule has 3 N–H and O–H groups in total. The van der Waals surface area contributed by atoms with E-state index in [9.17, 15) is 4.79 Å². The molecule has 102 valence electrons. The van der Waals surface area contributed by atoms with E-state index in [4.69, 9.17) is 15.3 Å². The molecule has 5 nitrogen and oxygen atoms in total. The summed E-state index contributed by atoms with van der Waals surface area (Å²) in [6, 6.07) is 3.61. The molecule has 1 rings (SSSR count). The fraction of sp³-hybridized carbons (Fsp3) is 0.583. The highest BCUT2D eigenvalue weighted by atomic mass is 32.1. The Morgan fingerprint density at radius 1 is 1.33 bits per heavy atom. The fourth-order valence-electron chi connectivity index (χ4n) is 1.29. The molecular weight excluding hydrogens is 252 g/mol. The summed E-state index contributed by atoms with van der Waals surface area (Å²) >= 11 is 1.38. The van der Waals surface area contributed by atoms with Crippen LogP contribution in [0.4, 0.5) is 0 Å². The minimum Gasteiger partial charge on any atom is -0.379 e. The Morgan fingerprint density at radius 3 is 2.83 bits per heavy atom. The maximum atomic E-state index is 11.2. The first-order chi connectivity index (χ1) is 8.77. The third-order valence-corrected chi connectivity index (χ3v) is 3.33. The number of thiophene rings is 1. The normalized spacial score (nSPS) is 10.6. The number of amides is 1. The Labute approximate surface area is 111 Å². The number of nitrogens with two attached hydrogens (primary N) is 1. The molecule has 0 atom stereocenters. The second-order valence-corrected chi connectivity index (χ2v) is 4.93. The first-order valence-corrected chi connectivity index (χ1v) is 6.84. The van der Waals surface area contributed by atoms with Gasteiger partial charge < -0.3 is 9.47 Å². The summed E-state index contributed by atoms with van der Waals surface area (Å²) in [6.07, 6.45) is 2.23. The topological polar surface area (TPSA) is 73.6 Å². The van der Waals surface area contributed by atoms with Crippen molar-refractivity contribution in [3.8, 4) is 0 Å². The van der Waals surface area contributed by atoms with Crippen molar-refractivity contribution in [2.45, 2.75) is 26.4 Å². The molecule has 0 aliphatic carbocycles. The van der Waals surface area contributed by atoms with Crippen LogP contribution in [0.25, 0.3) is 0 Å². The summed E-state index contributed by atoms with van der Waals surface area (Å²) in [5.74, 6) is 4.78. The van der Waals surface area contributed by atoms with Crippen LogP contribution in [0, 0.1) is 0 Å². The maximum absolute atomic E-state index is 11.2. The molecule has 0 unspecified atom stereocenters. The van der Waals surface area contributed by atoms with Crippen LogP contribution in [0.5, 0.6) is 0 Å². The Bertz CT molecular complexity index is 355. The van der Waals surface area contributed by atoms with Crippen molar-refractivity contribution in [1.82, 2.24) is 5.43 Å². The summed E-state index contributed by atoms with van der Waals surface area (Å²) in [5.41, 5.74) is 2.10. The van der Waals surface area contributed by atoms with E-state index in [1.54, 1.807) is 6.07 Å². The van der Waals surface area contributed by atoms with Gasteiger partial charge in [-0.1, -0.05) is 13.3 Å². The van der Waals surface area contributed by atoms with Crippen LogP contribution in [-0.4, -0.2) is 25.7 Å². The summed E-state index contributed by atoms with van der Waals surface area (Å²) < 4.78 is 10.8. The highest BCUT2D eigenvalue weighted by Crippen LogP contribution is 2.16. The van der Waals surface area contributed by atoms with Crippen LogP contribution in [0.3, 0.4) is 0 Å². The Morgan fingerprint density at radius 2 is 2.11 bits per heavy atom. The average Bonchev–Trinajstić information content (AvgIpc) is 2.85. The van der Waals surface area contributed by atoms with Gasteiger partial charge in [0.2, 0.25) is 0 Å². The van der Waals surface area contributed by atoms with Gasteiger partial charge in [-0.3, -0.25) is 10.2 Å². The largest absolute Gasteiger partial charge is 0.379 e. The molecule has 0 aromatic carbocycles. The van der Waals surface area contributed by atoms with E-state index < -0.39 is 0 Å². The molecule has 0 saturated carbocycles. The van der Waals surface area contributed by atoms with Gasteiger partial charge >= 0.3 is 0 Å². The van der Waals surface area contributed by atoms with E-state index in [1.807, 2.05) is 6.07 Å². The summed E-state index contributed by atoms with van der Waals surface area (Å²) in [7, 11) is 0. The van der Waals surface area contributed by atoms with Gasteiger partial charge in [-0.2, -0.15) is 0 Å². The number of rotatable bonds is 9. The quantitative estimate of drug-likeness (QED) is 0.310. The van der Waals surface area contributed by atoms with Crippen LogP contribution >= 0.6 is 11.3 Å². The van der Waals surface area contributed by atoms with Gasteiger partial charge in [0, 0.05) is 11.5 Å². The monoisotopic (exact) mass is 272 g/mol. The molecule has 0 aliphatic rings. The predicted octanol–water partition coefficient (Wildman–Crippen LogP) is 1.68. The van der Waals surface area contributed by atoms with Gasteiger partial charge in [0.15, 0.2) is 0 Å². The zero-order valence-electron chi connectivity index (χ0n) is 10.6. The van der Waals surface area contributed by atoms with Gasteiger partial charge in [-0.15, -0.1) is 11.3 Å². The molecule has 0 spiro atoms. The average molecular weight is 272 g/mol. The Kier molecular flexibility index (Phi) is 7.59. The van der Waals surface area contributed by atoms with Gasteiger partial charge in [0.25, 0.3) is 5.91 Å². The molecule has 6 heteroatoms. The third-order valence-electron chi connectivity index (χ3n) is 2.28. The van der Waals surface area contributed by atoms with Gasteiger partial charge in [-0.25, -0.2) is 5.84 Å². The van der Waals surface area contributed by atoms with E-state index in [2.05, 4.69) is 12.3 Å². The predicted molar refractivity (Wildman–Crippen MR) is 71.4 cm³/mol. The number of hydrogen-bond acceptors (Lipinski definition) is 5. The molecule has 1 aromatic heterocycles. The lowest BCUT2D eigenvalue weighted by molar-refractivity contribution is 0.0406. The number of ether oxygens (including phenoxy) is 2. The molecule has 0 fully saturated rings. The standard InChI is InChI=1S/C12H20N2O3S/c1-2-3-6-16-7-8-17-9-10-4-5-11(18-10)12(15)14-13/h4-5H,2-3,6-9,13H2,1H3,(H,14,15). The minimum atomic E-state index is -0.269. The highest BCUT2D eigenvalue weighted by molar-refractivity contribution is 7.14. The van der Waals surface area contributed by atoms with E-state index in [0.29, 0.717) is 24.7 Å². The Hall–Kier alpha value is -0.950. The Balaban J connectivity index is 2.12. The van der Waals surface area contributed by atoms with Crippen LogP contribution in [-0.2, 0) is 16.1 Å². The summed E-state index contributed by atoms with van der Waals surface area (Å²) in [5, 5.41) is 0. The second kappa shape index (κ2) is 9.04. The lowest BCUT2D eigenvalue weighted by Crippen LogP contribution is -2.29. The van der Waals surface area contributed by atoms with Crippen molar-refractivity contribution in [1.29, 1.82) is 0 Å². The molecule has 1 amide bonds. The smallest absolute Gasteiger partial charge is 0.275 e. The maximum Gasteiger partial charge on any atom is 0.275 e. The number of unbranched alkanes of at least 4 members (excludes halogenated alkanes) is 1. The zero-order valence-corrected chi connectivity index (χ0v) is 11.4. The molecule has 0 saturated heterocycles. The number of hydrogen-bond donors (Lipinski definition) is 2. The molecular formula is C12H20N2O3S. The fourth-order valence-corrected chi connectivity index (χ4v) is 2.14. The lowest BCUT2D eigenvalue weighted by atomic mass is 10.4. The first-order valence-electron chi connectivity index (χ1n) is 6.03. The van der Waals surface area contributed by atoms with E-state index in [0.717, 1.165) is 24.3 Å². The van der Waals surface area contributed by atoms with Crippen LogP contribution in [0.15, 0.2) is 12.1 Å². The van der Waals surface area contributed by atoms with Crippen LogP contribution in [0.2, 0.25) is 0 Å². The first kappa shape index (κ1) is 15.1. The summed E-state index contributed by atoms with van der Waals surface area (Å²) in [6.45, 7) is 4.60. The van der Waals surface area contributed by atoms with Crippen molar-refractivity contribution in [2.24, 2.45) is 5.84 Å². The van der Waals surface area contributed by atoms with Crippen molar-refractivity contribution >= 4 is 17.2 Å². The van der Waals surface area contributed by atoms with Crippen molar-refractivity contribution in [3.63, 3.8) is 0 Å². The third kappa shape index (κ3) is 5.59. The molecule has 1 aromatic rings. The van der Waals surface area contributed by atoms with Crippen molar-refractivity contribution in [3.05, 3.63) is 21.9 Å². The summed E-state index contributed by atoms with van der Waals surface area (Å²) in [4.78, 5) is 12.8. The second-order valence-electron chi connectivity index (χ2n) is 3.76. The molecule has 18 heavy (non-hydrogen) atoms.